The molecule has 2 aromatic carbocycles. The highest BCUT2D eigenvalue weighted by Gasteiger charge is 2.40. The van der Waals surface area contributed by atoms with Gasteiger partial charge in [0, 0.05) is 43.4 Å². The van der Waals surface area contributed by atoms with Gasteiger partial charge in [0.2, 0.25) is 5.88 Å². The standard InChI is InChI=1S/C25H30N4O5S2/c1-31-19-9-8-17(14-20(19)32-2)16-26-24(30)33-22-15-25(34-28-22)10-12-29(13-11-25)23(35)27-18-6-4-5-7-21(18)36-3/h4-9,14-15,28H,10-13,16H2,1-3H3,(H,26,30)(H,27,35). The summed E-state index contributed by atoms with van der Waals surface area (Å²) in [6.07, 6.45) is 4.69. The number of carbonyl (C=O) groups excluding carboxylic acids is 1. The van der Waals surface area contributed by atoms with Gasteiger partial charge in [-0.1, -0.05) is 18.2 Å². The lowest BCUT2D eigenvalue weighted by molar-refractivity contribution is -0.0739. The number of hydroxylamine groups is 1. The third kappa shape index (κ3) is 6.15. The van der Waals surface area contributed by atoms with Crippen LogP contribution in [0.3, 0.4) is 0 Å². The lowest BCUT2D eigenvalue weighted by atomic mass is 9.92. The van der Waals surface area contributed by atoms with Gasteiger partial charge >= 0.3 is 6.09 Å². The van der Waals surface area contributed by atoms with Gasteiger partial charge in [0.1, 0.15) is 5.60 Å². The summed E-state index contributed by atoms with van der Waals surface area (Å²) in [4.78, 5) is 21.4. The van der Waals surface area contributed by atoms with E-state index in [1.165, 1.54) is 0 Å². The second-order valence-electron chi connectivity index (χ2n) is 8.33. The number of hydrogen-bond acceptors (Lipinski definition) is 8. The molecule has 0 radical (unpaired) electrons. The number of likely N-dealkylation sites (tertiary alicyclic amines) is 1. The molecule has 3 N–H and O–H groups in total. The Bertz CT molecular complexity index is 1140. The highest BCUT2D eigenvalue weighted by atomic mass is 32.2. The maximum atomic E-state index is 12.3. The molecule has 2 aliphatic heterocycles. The summed E-state index contributed by atoms with van der Waals surface area (Å²) in [5.41, 5.74) is 4.06. The molecule has 0 bridgehead atoms. The molecule has 36 heavy (non-hydrogen) atoms. The first kappa shape index (κ1) is 25.9. The predicted molar refractivity (Wildman–Crippen MR) is 143 cm³/mol. The van der Waals surface area contributed by atoms with Crippen LogP contribution in [0, 0.1) is 0 Å². The molecule has 9 nitrogen and oxygen atoms in total. The van der Waals surface area contributed by atoms with Crippen molar-refractivity contribution < 1.29 is 23.8 Å². The second kappa shape index (κ2) is 11.7. The van der Waals surface area contributed by atoms with Gasteiger partial charge in [-0.15, -0.1) is 11.8 Å². The van der Waals surface area contributed by atoms with E-state index in [2.05, 4.69) is 27.1 Å². The van der Waals surface area contributed by atoms with Crippen molar-refractivity contribution in [3.63, 3.8) is 0 Å². The molecule has 2 aromatic rings. The van der Waals surface area contributed by atoms with E-state index in [0.29, 0.717) is 42.5 Å². The SMILES string of the molecule is COc1ccc(CNC(=O)OC2=CC3(CCN(C(=S)Nc4ccccc4SC)CC3)ON2)cc1OC. The number of alkyl carbamates (subject to hydrolysis) is 1. The average molecular weight is 531 g/mol. The van der Waals surface area contributed by atoms with Crippen LogP contribution in [-0.4, -0.2) is 55.3 Å². The molecule has 2 heterocycles. The number of thioether (sulfide) groups is 1. The molecule has 0 atom stereocenters. The number of carbonyl (C=O) groups is 1. The molecule has 0 aromatic heterocycles. The Labute approximate surface area is 220 Å². The van der Waals surface area contributed by atoms with Crippen molar-refractivity contribution in [1.82, 2.24) is 15.7 Å². The van der Waals surface area contributed by atoms with Gasteiger partial charge in [0.15, 0.2) is 16.6 Å². The number of para-hydroxylation sites is 1. The predicted octanol–water partition coefficient (Wildman–Crippen LogP) is 4.26. The van der Waals surface area contributed by atoms with Crippen LogP contribution in [0.4, 0.5) is 10.5 Å². The van der Waals surface area contributed by atoms with Crippen LogP contribution in [0.15, 0.2) is 59.3 Å². The van der Waals surface area contributed by atoms with Crippen molar-refractivity contribution in [2.75, 3.05) is 38.9 Å². The summed E-state index contributed by atoms with van der Waals surface area (Å²) in [6, 6.07) is 13.5. The Morgan fingerprint density at radius 1 is 1.17 bits per heavy atom. The second-order valence-corrected chi connectivity index (χ2v) is 9.56. The fourth-order valence-electron chi connectivity index (χ4n) is 4.08. The largest absolute Gasteiger partial charge is 0.493 e. The summed E-state index contributed by atoms with van der Waals surface area (Å²) in [5.74, 6) is 1.50. The van der Waals surface area contributed by atoms with Crippen LogP contribution in [0.5, 0.6) is 11.5 Å². The highest BCUT2D eigenvalue weighted by Crippen LogP contribution is 2.33. The first-order chi connectivity index (χ1) is 17.4. The van der Waals surface area contributed by atoms with Gasteiger partial charge in [0.25, 0.3) is 0 Å². The molecule has 0 saturated carbocycles. The van der Waals surface area contributed by atoms with Gasteiger partial charge in [-0.3, -0.25) is 4.84 Å². The maximum absolute atomic E-state index is 12.3. The van der Waals surface area contributed by atoms with Gasteiger partial charge in [-0.25, -0.2) is 10.3 Å². The minimum atomic E-state index is -0.584. The number of piperidine rings is 1. The molecule has 0 unspecified atom stereocenters. The molecule has 4 rings (SSSR count). The zero-order valence-electron chi connectivity index (χ0n) is 20.5. The topological polar surface area (TPSA) is 93.3 Å². The molecule has 1 spiro atoms. The van der Waals surface area contributed by atoms with Crippen LogP contribution in [0.25, 0.3) is 0 Å². The van der Waals surface area contributed by atoms with Crippen LogP contribution in [0.1, 0.15) is 18.4 Å². The summed E-state index contributed by atoms with van der Waals surface area (Å²) in [6.45, 7) is 1.70. The van der Waals surface area contributed by atoms with E-state index >= 15 is 0 Å². The Morgan fingerprint density at radius 2 is 1.92 bits per heavy atom. The zero-order valence-corrected chi connectivity index (χ0v) is 22.1. The minimum absolute atomic E-state index is 0.275. The van der Waals surface area contributed by atoms with E-state index in [1.54, 1.807) is 38.1 Å². The summed E-state index contributed by atoms with van der Waals surface area (Å²) in [5, 5.41) is 6.78. The highest BCUT2D eigenvalue weighted by molar-refractivity contribution is 7.98. The fourth-order valence-corrected chi connectivity index (χ4v) is 4.92. The Kier molecular flexibility index (Phi) is 8.44. The molecule has 0 aliphatic carbocycles. The number of benzene rings is 2. The quantitative estimate of drug-likeness (QED) is 0.356. The van der Waals surface area contributed by atoms with Crippen LogP contribution in [0.2, 0.25) is 0 Å². The normalized spacial score (nSPS) is 16.1. The number of anilines is 1. The van der Waals surface area contributed by atoms with E-state index < -0.39 is 11.7 Å². The molecule has 1 amide bonds. The van der Waals surface area contributed by atoms with Crippen LogP contribution >= 0.6 is 24.0 Å². The fraction of sp³-hybridized carbons (Fsp3) is 0.360. The van der Waals surface area contributed by atoms with Crippen molar-refractivity contribution >= 4 is 40.9 Å². The molecule has 1 saturated heterocycles. The van der Waals surface area contributed by atoms with Gasteiger partial charge < -0.3 is 29.7 Å². The number of ether oxygens (including phenoxy) is 3. The van der Waals surface area contributed by atoms with E-state index in [1.807, 2.05) is 36.6 Å². The van der Waals surface area contributed by atoms with Crippen LogP contribution in [-0.2, 0) is 16.1 Å². The minimum Gasteiger partial charge on any atom is -0.493 e. The summed E-state index contributed by atoms with van der Waals surface area (Å²) >= 11 is 7.32. The third-order valence-electron chi connectivity index (χ3n) is 6.08. The first-order valence-corrected chi connectivity index (χ1v) is 13.1. The number of nitrogens with zero attached hydrogens (tertiary/aromatic N) is 1. The lowest BCUT2D eigenvalue weighted by Crippen LogP contribution is -2.48. The van der Waals surface area contributed by atoms with Crippen molar-refractivity contribution in [1.29, 1.82) is 0 Å². The maximum Gasteiger partial charge on any atom is 0.414 e. The molecule has 192 valence electrons. The van der Waals surface area contributed by atoms with Crippen molar-refractivity contribution in [3.05, 3.63) is 60.0 Å². The molecular weight excluding hydrogens is 500 g/mol. The van der Waals surface area contributed by atoms with E-state index in [9.17, 15) is 4.79 Å². The Hall–Kier alpha value is -3.15. The summed E-state index contributed by atoms with van der Waals surface area (Å²) < 4.78 is 15.9. The van der Waals surface area contributed by atoms with Gasteiger partial charge in [-0.2, -0.15) is 0 Å². The van der Waals surface area contributed by atoms with Crippen molar-refractivity contribution in [2.45, 2.75) is 29.9 Å². The van der Waals surface area contributed by atoms with E-state index in [4.69, 9.17) is 31.3 Å². The smallest absolute Gasteiger partial charge is 0.414 e. The Morgan fingerprint density at radius 3 is 2.64 bits per heavy atom. The zero-order chi connectivity index (χ0) is 25.5. The number of rotatable bonds is 7. The molecule has 1 fully saturated rings. The molecule has 11 heteroatoms. The van der Waals surface area contributed by atoms with Crippen LogP contribution < -0.4 is 25.6 Å². The van der Waals surface area contributed by atoms with Gasteiger partial charge in [-0.05, 0) is 48.3 Å². The van der Waals surface area contributed by atoms with Gasteiger partial charge in [0.05, 0.1) is 19.9 Å². The average Bonchev–Trinajstić information content (AvgIpc) is 3.29. The molecule has 2 aliphatic rings. The number of methoxy groups -OCH3 is 2. The molecular formula is C25H30N4O5S2. The number of thiocarbonyl (C=S) groups is 1. The number of hydrogen-bond donors (Lipinski definition) is 3. The van der Waals surface area contributed by atoms with Crippen molar-refractivity contribution in [3.8, 4) is 11.5 Å². The number of nitrogens with one attached hydrogen (secondary N) is 3. The Balaban J connectivity index is 1.26. The first-order valence-electron chi connectivity index (χ1n) is 11.5. The van der Waals surface area contributed by atoms with E-state index in [-0.39, 0.29) is 12.4 Å². The monoisotopic (exact) mass is 530 g/mol. The lowest BCUT2D eigenvalue weighted by Gasteiger charge is -2.37. The van der Waals surface area contributed by atoms with Crippen molar-refractivity contribution in [2.24, 2.45) is 0 Å². The third-order valence-corrected chi connectivity index (χ3v) is 7.24. The number of amides is 1. The van der Waals surface area contributed by atoms with E-state index in [0.717, 1.165) is 16.1 Å². The summed E-state index contributed by atoms with van der Waals surface area (Å²) in [7, 11) is 3.14.